The summed E-state index contributed by atoms with van der Waals surface area (Å²) in [7, 11) is 1.55. The van der Waals surface area contributed by atoms with Crippen molar-refractivity contribution in [2.75, 3.05) is 26.8 Å². The van der Waals surface area contributed by atoms with E-state index in [0.29, 0.717) is 35.6 Å². The molecule has 0 saturated carbocycles. The van der Waals surface area contributed by atoms with E-state index in [0.717, 1.165) is 6.42 Å². The molecule has 1 amide bonds. The van der Waals surface area contributed by atoms with Crippen molar-refractivity contribution in [1.29, 1.82) is 0 Å². The van der Waals surface area contributed by atoms with Gasteiger partial charge in [0.15, 0.2) is 5.72 Å². The third-order valence-electron chi connectivity index (χ3n) is 5.98. The number of hydrogen-bond donors (Lipinski definition) is 3. The lowest BCUT2D eigenvalue weighted by Gasteiger charge is -2.39. The molecule has 0 unspecified atom stereocenters. The molecule has 2 fully saturated rings. The number of nitrogens with one attached hydrogen (secondary N) is 2. The van der Waals surface area contributed by atoms with Gasteiger partial charge in [-0.25, -0.2) is 4.79 Å². The van der Waals surface area contributed by atoms with Crippen LogP contribution in [0.1, 0.15) is 20.3 Å². The van der Waals surface area contributed by atoms with Gasteiger partial charge in [-0.05, 0) is 13.3 Å². The predicted octanol–water partition coefficient (Wildman–Crippen LogP) is -0.610. The Balaban J connectivity index is 1.79. The SMILES string of the molecule is CCCNC1=C(C)C(=O)C2=C(C1=O)[C@@H](COC(N)=O)[C@@]1(OC)[C@H]3N[C@@H]3CN21. The van der Waals surface area contributed by atoms with Gasteiger partial charge >= 0.3 is 6.09 Å². The Morgan fingerprint density at radius 3 is 2.78 bits per heavy atom. The molecule has 2 saturated heterocycles. The third-order valence-corrected chi connectivity index (χ3v) is 5.98. The second-order valence-electron chi connectivity index (χ2n) is 7.35. The molecule has 4 aliphatic rings. The van der Waals surface area contributed by atoms with Crippen LogP contribution in [0.2, 0.25) is 0 Å². The molecule has 9 heteroatoms. The van der Waals surface area contributed by atoms with E-state index in [4.69, 9.17) is 15.2 Å². The lowest BCUT2D eigenvalue weighted by atomic mass is 9.82. The van der Waals surface area contributed by atoms with Crippen LogP contribution in [0.15, 0.2) is 22.5 Å². The van der Waals surface area contributed by atoms with Crippen LogP contribution < -0.4 is 16.4 Å². The highest BCUT2D eigenvalue weighted by molar-refractivity contribution is 6.25. The van der Waals surface area contributed by atoms with Crippen LogP contribution in [0.5, 0.6) is 0 Å². The lowest BCUT2D eigenvalue weighted by Crippen LogP contribution is -2.55. The Morgan fingerprint density at radius 2 is 2.15 bits per heavy atom. The summed E-state index contributed by atoms with van der Waals surface area (Å²) in [5, 5.41) is 6.41. The molecule has 146 valence electrons. The molecule has 3 heterocycles. The normalized spacial score (nSPS) is 33.9. The van der Waals surface area contributed by atoms with Crippen molar-refractivity contribution in [3.8, 4) is 0 Å². The third kappa shape index (κ3) is 2.28. The van der Waals surface area contributed by atoms with E-state index in [1.807, 2.05) is 11.8 Å². The van der Waals surface area contributed by atoms with Gasteiger partial charge < -0.3 is 30.7 Å². The number of rotatable bonds is 6. The smallest absolute Gasteiger partial charge is 0.404 e. The fourth-order valence-corrected chi connectivity index (χ4v) is 4.75. The van der Waals surface area contributed by atoms with Gasteiger partial charge in [-0.1, -0.05) is 6.92 Å². The van der Waals surface area contributed by atoms with E-state index in [1.165, 1.54) is 0 Å². The standard InChI is InChI=1S/C18H24N4O5/c1-4-5-20-12-8(2)14(23)13-11(15(12)24)9(7-27-17(19)25)18(26-3)16-10(21-16)6-22(13)18/h9-10,16,20-21H,4-7H2,1-3H3,(H2,19,25)/t9-,10-,16+,18-/m1/s1. The van der Waals surface area contributed by atoms with E-state index in [9.17, 15) is 14.4 Å². The fourth-order valence-electron chi connectivity index (χ4n) is 4.75. The number of amides is 1. The highest BCUT2D eigenvalue weighted by Gasteiger charge is 2.72. The van der Waals surface area contributed by atoms with Gasteiger partial charge in [-0.2, -0.15) is 0 Å². The van der Waals surface area contributed by atoms with Crippen molar-refractivity contribution in [3.05, 3.63) is 22.5 Å². The zero-order chi connectivity index (χ0) is 19.5. The predicted molar refractivity (Wildman–Crippen MR) is 94.2 cm³/mol. The topological polar surface area (TPSA) is 133 Å². The van der Waals surface area contributed by atoms with E-state index >= 15 is 0 Å². The number of carbonyl (C=O) groups is 3. The Bertz CT molecular complexity index is 804. The van der Waals surface area contributed by atoms with Crippen LogP contribution in [0.25, 0.3) is 0 Å². The van der Waals surface area contributed by atoms with Gasteiger partial charge in [0.25, 0.3) is 0 Å². The van der Waals surface area contributed by atoms with Crippen molar-refractivity contribution in [2.45, 2.75) is 38.1 Å². The number of methoxy groups -OCH3 is 1. The number of allylic oxidation sites excluding steroid dienone is 2. The lowest BCUT2D eigenvalue weighted by molar-refractivity contribution is -0.137. The molecule has 9 nitrogen and oxygen atoms in total. The zero-order valence-corrected chi connectivity index (χ0v) is 15.6. The first-order valence-corrected chi connectivity index (χ1v) is 9.17. The summed E-state index contributed by atoms with van der Waals surface area (Å²) in [4.78, 5) is 39.6. The maximum absolute atomic E-state index is 13.3. The summed E-state index contributed by atoms with van der Waals surface area (Å²) in [6, 6.07) is 0.143. The number of ether oxygens (including phenoxy) is 2. The van der Waals surface area contributed by atoms with Gasteiger partial charge in [-0.15, -0.1) is 0 Å². The summed E-state index contributed by atoms with van der Waals surface area (Å²) in [5.41, 5.74) is 5.67. The van der Waals surface area contributed by atoms with E-state index < -0.39 is 17.7 Å². The fraction of sp³-hybridized carbons (Fsp3) is 0.611. The number of carbonyl (C=O) groups excluding carboxylic acids is 3. The molecule has 4 N–H and O–H groups in total. The number of ketones is 2. The molecule has 0 aromatic heterocycles. The quantitative estimate of drug-likeness (QED) is 0.413. The van der Waals surface area contributed by atoms with E-state index in [-0.39, 0.29) is 30.3 Å². The highest BCUT2D eigenvalue weighted by atomic mass is 16.6. The second kappa shape index (κ2) is 6.07. The average molecular weight is 376 g/mol. The minimum atomic E-state index is -0.934. The minimum Gasteiger partial charge on any atom is -0.449 e. The Morgan fingerprint density at radius 1 is 1.41 bits per heavy atom. The van der Waals surface area contributed by atoms with E-state index in [2.05, 4.69) is 10.6 Å². The molecule has 4 rings (SSSR count). The first-order valence-electron chi connectivity index (χ1n) is 9.17. The number of piperazine rings is 1. The minimum absolute atomic E-state index is 0.0393. The Kier molecular flexibility index (Phi) is 4.04. The molecule has 0 bridgehead atoms. The number of nitrogens with zero attached hydrogens (tertiary/aromatic N) is 1. The second-order valence-corrected chi connectivity index (χ2v) is 7.35. The Hall–Kier alpha value is -2.39. The van der Waals surface area contributed by atoms with Crippen LogP contribution in [-0.4, -0.2) is 67.2 Å². The number of nitrogens with two attached hydrogens (primary N) is 1. The van der Waals surface area contributed by atoms with Crippen molar-refractivity contribution in [1.82, 2.24) is 15.5 Å². The molecular formula is C18H24N4O5. The summed E-state index contributed by atoms with van der Waals surface area (Å²) < 4.78 is 11.0. The molecule has 0 radical (unpaired) electrons. The van der Waals surface area contributed by atoms with Crippen molar-refractivity contribution in [3.63, 3.8) is 0 Å². The summed E-state index contributed by atoms with van der Waals surface area (Å²) in [5.74, 6) is -1.03. The molecule has 3 aliphatic heterocycles. The summed E-state index contributed by atoms with van der Waals surface area (Å²) in [6.07, 6.45) is -0.106. The number of hydrogen-bond acceptors (Lipinski definition) is 8. The molecule has 0 aromatic rings. The average Bonchev–Trinajstić information content (AvgIpc) is 3.24. The number of fused-ring (bicyclic) bond motifs is 4. The maximum Gasteiger partial charge on any atom is 0.404 e. The molecular weight excluding hydrogens is 352 g/mol. The highest BCUT2D eigenvalue weighted by Crippen LogP contribution is 2.55. The molecule has 0 aromatic carbocycles. The van der Waals surface area contributed by atoms with E-state index in [1.54, 1.807) is 14.0 Å². The summed E-state index contributed by atoms with van der Waals surface area (Å²) >= 11 is 0. The first kappa shape index (κ1) is 18.0. The van der Waals surface area contributed by atoms with Crippen LogP contribution in [0.4, 0.5) is 4.79 Å². The number of Topliss-reactive ketones (excluding diaryl/α,β-unsaturated/α-hetero) is 2. The monoisotopic (exact) mass is 376 g/mol. The van der Waals surface area contributed by atoms with Crippen LogP contribution >= 0.6 is 0 Å². The molecule has 4 atom stereocenters. The zero-order valence-electron chi connectivity index (χ0n) is 15.6. The first-order chi connectivity index (χ1) is 12.9. The van der Waals surface area contributed by atoms with Gasteiger partial charge in [0.2, 0.25) is 11.6 Å². The van der Waals surface area contributed by atoms with Crippen LogP contribution in [0, 0.1) is 5.92 Å². The van der Waals surface area contributed by atoms with Gasteiger partial charge in [-0.3, -0.25) is 9.59 Å². The van der Waals surface area contributed by atoms with Gasteiger partial charge in [0.05, 0.1) is 23.4 Å². The molecule has 27 heavy (non-hydrogen) atoms. The maximum atomic E-state index is 13.3. The van der Waals surface area contributed by atoms with Crippen LogP contribution in [0.3, 0.4) is 0 Å². The molecule has 0 spiro atoms. The Labute approximate surface area is 156 Å². The van der Waals surface area contributed by atoms with Gasteiger partial charge in [0, 0.05) is 37.4 Å². The van der Waals surface area contributed by atoms with Crippen molar-refractivity contribution < 1.29 is 23.9 Å². The van der Waals surface area contributed by atoms with Crippen molar-refractivity contribution >= 4 is 17.7 Å². The largest absolute Gasteiger partial charge is 0.449 e. The van der Waals surface area contributed by atoms with Crippen molar-refractivity contribution in [2.24, 2.45) is 11.7 Å². The molecule has 1 aliphatic carbocycles. The van der Waals surface area contributed by atoms with Crippen LogP contribution in [-0.2, 0) is 19.1 Å². The number of primary amides is 1. The van der Waals surface area contributed by atoms with Gasteiger partial charge in [0.1, 0.15) is 6.61 Å². The summed E-state index contributed by atoms with van der Waals surface area (Å²) in [6.45, 7) is 4.68.